The minimum absolute atomic E-state index is 0. The van der Waals surface area contributed by atoms with Crippen molar-refractivity contribution in [3.05, 3.63) is 58.1 Å². The van der Waals surface area contributed by atoms with Gasteiger partial charge in [-0.2, -0.15) is 15.0 Å². The topological polar surface area (TPSA) is 290 Å². The van der Waals surface area contributed by atoms with E-state index in [1.54, 1.807) is 24.3 Å². The summed E-state index contributed by atoms with van der Waals surface area (Å²) >= 11 is 0. The van der Waals surface area contributed by atoms with Crippen LogP contribution in [0.5, 0.6) is 5.75 Å². The van der Waals surface area contributed by atoms with Gasteiger partial charge in [0.05, 0.1) is 10.5 Å². The number of phenols is 1. The number of hydrogen-bond acceptors (Lipinski definition) is 14. The van der Waals surface area contributed by atoms with Crippen LogP contribution in [0, 0.1) is 10.1 Å². The first-order chi connectivity index (χ1) is 18.5. The lowest BCUT2D eigenvalue weighted by Crippen LogP contribution is -2.34. The van der Waals surface area contributed by atoms with Crippen LogP contribution in [-0.2, 0) is 0 Å². The zero-order valence-corrected chi connectivity index (χ0v) is 25.0. The number of aromatic nitrogens is 3. The van der Waals surface area contributed by atoms with Crippen molar-refractivity contribution in [1.82, 2.24) is 39.6 Å². The summed E-state index contributed by atoms with van der Waals surface area (Å²) in [6.45, 7) is 3.71. The predicted octanol–water partition coefficient (Wildman–Crippen LogP) is 6.52. The smallest absolute Gasteiger partial charge is 0.311 e. The summed E-state index contributed by atoms with van der Waals surface area (Å²) in [5.41, 5.74) is 0.483. The predicted molar refractivity (Wildman–Crippen MR) is 180 cm³/mol. The molecule has 0 bridgehead atoms. The Morgan fingerprint density at radius 3 is 1.77 bits per heavy atom. The second-order valence-electron chi connectivity index (χ2n) is 9.44. The molecule has 0 radical (unpaired) electrons. The largest absolute Gasteiger partial charge is 0.502 e. The highest BCUT2D eigenvalue weighted by Gasteiger charge is 2.22. The third-order valence-corrected chi connectivity index (χ3v) is 6.74. The number of aromatic hydroxyl groups is 1. The van der Waals surface area contributed by atoms with Crippen LogP contribution in [0.2, 0.25) is 0 Å². The molecule has 3 heterocycles. The van der Waals surface area contributed by atoms with Gasteiger partial charge in [0, 0.05) is 49.3 Å². The number of nitro groups is 1. The minimum atomic E-state index is -0.735. The third-order valence-electron chi connectivity index (χ3n) is 6.74. The van der Waals surface area contributed by atoms with Crippen molar-refractivity contribution >= 4 is 53.2 Å². The van der Waals surface area contributed by atoms with E-state index in [2.05, 4.69) is 20.4 Å². The fourth-order valence-electron chi connectivity index (χ4n) is 4.71. The summed E-state index contributed by atoms with van der Waals surface area (Å²) in [5.74, 6) is 0.505. The highest BCUT2D eigenvalue weighted by Crippen LogP contribution is 2.30. The van der Waals surface area contributed by atoms with Crippen LogP contribution in [0.1, 0.15) is 54.6 Å². The van der Waals surface area contributed by atoms with Gasteiger partial charge in [-0.25, -0.2) is 0 Å². The van der Waals surface area contributed by atoms with E-state index in [9.17, 15) is 20.0 Å². The average molecular weight is 631 g/mol. The fourth-order valence-corrected chi connectivity index (χ4v) is 4.71. The second-order valence-corrected chi connectivity index (χ2v) is 9.44. The van der Waals surface area contributed by atoms with Crippen molar-refractivity contribution in [2.24, 2.45) is 0 Å². The molecule has 2 aromatic carbocycles. The van der Waals surface area contributed by atoms with E-state index in [0.717, 1.165) is 63.6 Å². The van der Waals surface area contributed by atoms with E-state index in [1.807, 2.05) is 0 Å². The van der Waals surface area contributed by atoms with Crippen molar-refractivity contribution in [1.29, 1.82) is 0 Å². The van der Waals surface area contributed by atoms with Gasteiger partial charge in [0.15, 0.2) is 0 Å². The molecule has 246 valence electrons. The van der Waals surface area contributed by atoms with E-state index in [-0.39, 0.29) is 48.3 Å². The maximum absolute atomic E-state index is 12.6. The van der Waals surface area contributed by atoms with E-state index in [0.29, 0.717) is 23.5 Å². The quantitative estimate of drug-likeness (QED) is 0.108. The third kappa shape index (κ3) is 9.32. The molecular weight excluding hydrogens is 580 g/mol. The number of nitrogens with zero attached hydrogens (tertiary/aromatic N) is 6. The van der Waals surface area contributed by atoms with Crippen LogP contribution >= 0.6 is 12.4 Å². The number of carbonyl (C=O) groups is 1. The van der Waals surface area contributed by atoms with Crippen molar-refractivity contribution < 1.29 is 20.5 Å². The molecule has 2 aliphatic heterocycles. The maximum atomic E-state index is 12.6. The normalized spacial score (nSPS) is 13.9. The van der Waals surface area contributed by atoms with Crippen LogP contribution < -0.4 is 45.0 Å². The molecule has 5 rings (SSSR count). The molecule has 43 heavy (non-hydrogen) atoms. The van der Waals surface area contributed by atoms with E-state index >= 15 is 0 Å². The summed E-state index contributed by atoms with van der Waals surface area (Å²) in [6.07, 6.45) is 6.91. The Balaban J connectivity index is -0.000000653. The molecule has 0 aliphatic carbocycles. The van der Waals surface area contributed by atoms with Crippen LogP contribution in [0.3, 0.4) is 0 Å². The molecule has 2 aliphatic rings. The standard InChI is InChI=1S/C26H30N8O4.ClH.4H3N.4H2/c35-22-20(8-7-9-21(22)34(37)38)23(36)27-18-10-12-19(13-11-18)28-24-29-25(32-14-3-1-4-15-32)31-26(30-24)33-16-5-2-6-17-33;;;;;;;;;/h7-13,35H,1-6,14-17H2,(H,27,36)(H,28,29,30,31);1H;4*1H3;4*1H. The Kier molecular flexibility index (Phi) is 15.8. The molecule has 0 spiro atoms. The Morgan fingerprint density at radius 2 is 1.28 bits per heavy atom. The van der Waals surface area contributed by atoms with Gasteiger partial charge >= 0.3 is 5.69 Å². The molecule has 0 atom stereocenters. The van der Waals surface area contributed by atoms with Gasteiger partial charge < -0.3 is 50.1 Å². The van der Waals surface area contributed by atoms with Crippen molar-refractivity contribution in [3.8, 4) is 5.75 Å². The maximum Gasteiger partial charge on any atom is 0.311 e. The first-order valence-corrected chi connectivity index (χ1v) is 12.9. The average Bonchev–Trinajstić information content (AvgIpc) is 2.95. The Labute approximate surface area is 262 Å². The van der Waals surface area contributed by atoms with Crippen molar-refractivity contribution in [3.63, 3.8) is 0 Å². The SMILES string of the molecule is Cl.N.N.N.N.O=C(Nc1ccc(Nc2nc(N3CCCCC3)nc(N3CCCCC3)n2)cc1)c1cccc([N+](=O)[O-])c1O.[HH].[HH].[HH].[HH]. The number of para-hydroxylation sites is 1. The molecule has 1 aromatic heterocycles. The van der Waals surface area contributed by atoms with Crippen LogP contribution in [0.25, 0.3) is 0 Å². The number of hydrogen-bond donors (Lipinski definition) is 7. The molecular formula is C26H51ClN12O4. The number of nitro benzene ring substituents is 1. The summed E-state index contributed by atoms with van der Waals surface area (Å²) in [4.78, 5) is 41.6. The number of nitrogens with one attached hydrogen (secondary N) is 2. The van der Waals surface area contributed by atoms with E-state index in [4.69, 9.17) is 15.0 Å². The Bertz CT molecular complexity index is 1300. The Hall–Kier alpha value is -4.35. The summed E-state index contributed by atoms with van der Waals surface area (Å²) in [6, 6.07) is 10.7. The molecule has 17 heteroatoms. The van der Waals surface area contributed by atoms with E-state index < -0.39 is 22.3 Å². The van der Waals surface area contributed by atoms with Crippen LogP contribution in [0.15, 0.2) is 42.5 Å². The lowest BCUT2D eigenvalue weighted by Gasteiger charge is -2.30. The zero-order chi connectivity index (χ0) is 26.5. The molecule has 15 N–H and O–H groups in total. The van der Waals surface area contributed by atoms with Crippen LogP contribution in [0.4, 0.5) is 34.9 Å². The first kappa shape index (κ1) is 38.6. The molecule has 2 fully saturated rings. The highest BCUT2D eigenvalue weighted by molar-refractivity contribution is 6.07. The van der Waals surface area contributed by atoms with Gasteiger partial charge in [0.25, 0.3) is 5.91 Å². The number of phenolic OH excluding ortho intramolecular Hbond substituents is 1. The van der Waals surface area contributed by atoms with Gasteiger partial charge in [0.2, 0.25) is 23.6 Å². The summed E-state index contributed by atoms with van der Waals surface area (Å²) < 4.78 is 0. The number of benzene rings is 2. The number of halogens is 1. The molecule has 3 aromatic rings. The molecule has 0 saturated carbocycles. The summed E-state index contributed by atoms with van der Waals surface area (Å²) in [5, 5.41) is 27.1. The number of anilines is 5. The first-order valence-electron chi connectivity index (χ1n) is 12.9. The monoisotopic (exact) mass is 630 g/mol. The van der Waals surface area contributed by atoms with Gasteiger partial charge in [-0.3, -0.25) is 14.9 Å². The Morgan fingerprint density at radius 1 is 0.791 bits per heavy atom. The number of piperidine rings is 2. The molecule has 0 unspecified atom stereocenters. The lowest BCUT2D eigenvalue weighted by molar-refractivity contribution is -0.385. The number of amides is 1. The lowest BCUT2D eigenvalue weighted by atomic mass is 10.1. The highest BCUT2D eigenvalue weighted by atomic mass is 35.5. The van der Waals surface area contributed by atoms with Gasteiger partial charge in [-0.15, -0.1) is 12.4 Å². The van der Waals surface area contributed by atoms with Crippen molar-refractivity contribution in [2.75, 3.05) is 46.6 Å². The molecule has 16 nitrogen and oxygen atoms in total. The fraction of sp³-hybridized carbons (Fsp3) is 0.385. The van der Waals surface area contributed by atoms with Crippen molar-refractivity contribution in [2.45, 2.75) is 38.5 Å². The van der Waals surface area contributed by atoms with E-state index in [1.165, 1.54) is 25.0 Å². The minimum Gasteiger partial charge on any atom is -0.502 e. The van der Waals surface area contributed by atoms with Gasteiger partial charge in [-0.1, -0.05) is 6.07 Å². The summed E-state index contributed by atoms with van der Waals surface area (Å²) in [7, 11) is 0. The number of rotatable bonds is 7. The molecule has 2 saturated heterocycles. The van der Waals surface area contributed by atoms with Gasteiger partial charge in [0.1, 0.15) is 0 Å². The zero-order valence-electron chi connectivity index (χ0n) is 24.2. The van der Waals surface area contributed by atoms with Crippen LogP contribution in [-0.4, -0.2) is 57.1 Å². The molecule has 1 amide bonds. The second kappa shape index (κ2) is 17.6. The number of carbonyl (C=O) groups excluding carboxylic acids is 1. The van der Waals surface area contributed by atoms with Gasteiger partial charge in [-0.05, 0) is 68.9 Å².